The van der Waals surface area contributed by atoms with E-state index in [2.05, 4.69) is 24.9 Å². The molecule has 1 aromatic carbocycles. The van der Waals surface area contributed by atoms with E-state index >= 15 is 0 Å². The molecule has 0 aliphatic carbocycles. The summed E-state index contributed by atoms with van der Waals surface area (Å²) in [6.07, 6.45) is 7.09. The standard InChI is InChI=1S/C29H18N6O9.CO2/c36-27-16-4-1-2-5-17(16)28(37)35(27)7-3-8-40-15-10-18(24-32-20(12-42-24)23-30-6-9-41-23)31-19(11-15)25-33-21(13-43-25)26-34-22(14-44-26)29(38)39;2-1-3/h1-2,4-6,9-14H,3,7-8H2,(H,38,39);. The second-order valence-corrected chi connectivity index (χ2v) is 9.42. The molecule has 0 saturated carbocycles. The van der Waals surface area contributed by atoms with Crippen LogP contribution in [0.1, 0.15) is 37.6 Å². The molecule has 0 bridgehead atoms. The topological polar surface area (TPSA) is 235 Å². The van der Waals surface area contributed by atoms with Crippen LogP contribution in [0.25, 0.3) is 46.3 Å². The maximum atomic E-state index is 12.7. The minimum atomic E-state index is -1.25. The second-order valence-electron chi connectivity index (χ2n) is 9.42. The van der Waals surface area contributed by atoms with E-state index in [1.54, 1.807) is 36.4 Å². The summed E-state index contributed by atoms with van der Waals surface area (Å²) >= 11 is 0. The number of nitrogens with zero attached hydrogens (tertiary/aromatic N) is 6. The fraction of sp³-hybridized carbons (Fsp3) is 0.100. The Morgan fingerprint density at radius 3 is 1.91 bits per heavy atom. The van der Waals surface area contributed by atoms with Gasteiger partial charge in [0.05, 0.1) is 23.9 Å². The van der Waals surface area contributed by atoms with Gasteiger partial charge >= 0.3 is 12.1 Å². The number of aromatic carboxylic acids is 1. The highest BCUT2D eigenvalue weighted by atomic mass is 16.5. The van der Waals surface area contributed by atoms with E-state index in [4.69, 9.17) is 37.1 Å². The second kappa shape index (κ2) is 12.9. The Balaban J connectivity index is 0.00000124. The molecule has 0 saturated heterocycles. The summed E-state index contributed by atoms with van der Waals surface area (Å²) in [5.41, 5.74) is 1.46. The number of imide groups is 1. The van der Waals surface area contributed by atoms with Gasteiger partial charge < -0.3 is 27.5 Å². The quantitative estimate of drug-likeness (QED) is 0.165. The third kappa shape index (κ3) is 6.17. The summed E-state index contributed by atoms with van der Waals surface area (Å²) in [7, 11) is 0. The van der Waals surface area contributed by atoms with Gasteiger partial charge in [-0.3, -0.25) is 14.5 Å². The molecule has 0 spiro atoms. The molecular formula is C30H18N6O11. The van der Waals surface area contributed by atoms with Gasteiger partial charge in [-0.15, -0.1) is 0 Å². The third-order valence-electron chi connectivity index (χ3n) is 6.51. The van der Waals surface area contributed by atoms with Crippen LogP contribution in [0.3, 0.4) is 0 Å². The fourth-order valence-electron chi connectivity index (χ4n) is 4.48. The van der Waals surface area contributed by atoms with E-state index in [9.17, 15) is 14.4 Å². The summed E-state index contributed by atoms with van der Waals surface area (Å²) in [6, 6.07) is 9.84. The molecule has 6 heterocycles. The van der Waals surface area contributed by atoms with Crippen molar-refractivity contribution in [2.75, 3.05) is 13.2 Å². The maximum Gasteiger partial charge on any atom is 0.373 e. The molecule has 0 radical (unpaired) electrons. The highest BCUT2D eigenvalue weighted by molar-refractivity contribution is 6.21. The zero-order chi connectivity index (χ0) is 32.9. The zero-order valence-corrected chi connectivity index (χ0v) is 23.7. The number of hydrogen-bond acceptors (Lipinski definition) is 15. The lowest BCUT2D eigenvalue weighted by Crippen LogP contribution is -2.31. The molecule has 1 aliphatic rings. The molecule has 234 valence electrons. The normalized spacial score (nSPS) is 12.0. The number of ether oxygens (including phenoxy) is 1. The predicted octanol–water partition coefficient (Wildman–Crippen LogP) is 3.88. The first-order valence-electron chi connectivity index (χ1n) is 13.5. The Labute approximate surface area is 261 Å². The molecule has 0 unspecified atom stereocenters. The molecule has 0 fully saturated rings. The van der Waals surface area contributed by atoms with E-state index in [0.717, 1.165) is 6.26 Å². The van der Waals surface area contributed by atoms with Gasteiger partial charge in [0.2, 0.25) is 23.6 Å². The highest BCUT2D eigenvalue weighted by Crippen LogP contribution is 2.31. The van der Waals surface area contributed by atoms with Gasteiger partial charge in [-0.2, -0.15) is 9.59 Å². The number of carbonyl (C=O) groups excluding carboxylic acids is 4. The number of amides is 2. The number of pyridine rings is 1. The van der Waals surface area contributed by atoms with Crippen molar-refractivity contribution < 1.29 is 51.5 Å². The van der Waals surface area contributed by atoms with Crippen LogP contribution in [0, 0.1) is 0 Å². The summed E-state index contributed by atoms with van der Waals surface area (Å²) in [6.45, 7) is 0.308. The number of carbonyl (C=O) groups is 3. The molecule has 17 nitrogen and oxygen atoms in total. The Morgan fingerprint density at radius 2 is 1.36 bits per heavy atom. The van der Waals surface area contributed by atoms with E-state index < -0.39 is 5.97 Å². The van der Waals surface area contributed by atoms with Gasteiger partial charge in [-0.05, 0) is 18.6 Å². The molecular weight excluding hydrogens is 620 g/mol. The molecule has 17 heteroatoms. The van der Waals surface area contributed by atoms with Crippen LogP contribution in [-0.2, 0) is 9.59 Å². The first-order valence-corrected chi connectivity index (χ1v) is 13.5. The Morgan fingerprint density at radius 1 is 0.787 bits per heavy atom. The number of carboxylic acid groups (broad SMARTS) is 1. The average molecular weight is 639 g/mol. The van der Waals surface area contributed by atoms with Crippen molar-refractivity contribution in [2.24, 2.45) is 0 Å². The van der Waals surface area contributed by atoms with Crippen molar-refractivity contribution in [1.82, 2.24) is 29.8 Å². The Hall–Kier alpha value is -7.00. The highest BCUT2D eigenvalue weighted by Gasteiger charge is 2.34. The van der Waals surface area contributed by atoms with Crippen molar-refractivity contribution in [1.29, 1.82) is 0 Å². The molecule has 5 aromatic heterocycles. The number of hydrogen-bond donors (Lipinski definition) is 1. The minimum Gasteiger partial charge on any atom is -0.493 e. The SMILES string of the molecule is O=C(O)c1coc(-c2coc(-c3cc(OCCCN4C(=O)c5ccccc5C4=O)cc(-c4nc(-c5ncco5)co4)n3)n2)n1.O=C=O. The van der Waals surface area contributed by atoms with E-state index in [-0.39, 0.29) is 77.5 Å². The lowest BCUT2D eigenvalue weighted by molar-refractivity contribution is -0.191. The first kappa shape index (κ1) is 30.0. The molecule has 47 heavy (non-hydrogen) atoms. The number of rotatable bonds is 10. The van der Waals surface area contributed by atoms with Crippen LogP contribution in [-0.4, -0.2) is 72.0 Å². The number of aromatic nitrogens is 5. The van der Waals surface area contributed by atoms with Crippen LogP contribution >= 0.6 is 0 Å². The fourth-order valence-corrected chi connectivity index (χ4v) is 4.48. The number of oxazole rings is 4. The van der Waals surface area contributed by atoms with E-state index in [1.165, 1.54) is 29.9 Å². The summed E-state index contributed by atoms with van der Waals surface area (Å²) in [5, 5.41) is 9.13. The summed E-state index contributed by atoms with van der Waals surface area (Å²) in [5.74, 6) is -1.22. The van der Waals surface area contributed by atoms with Crippen molar-refractivity contribution in [2.45, 2.75) is 6.42 Å². The zero-order valence-electron chi connectivity index (χ0n) is 23.7. The van der Waals surface area contributed by atoms with Gasteiger partial charge in [0.15, 0.2) is 17.1 Å². The van der Waals surface area contributed by atoms with Crippen molar-refractivity contribution in [3.8, 4) is 52.1 Å². The molecule has 6 aromatic rings. The number of fused-ring (bicyclic) bond motifs is 1. The number of benzene rings is 1. The molecule has 7 rings (SSSR count). The lowest BCUT2D eigenvalue weighted by Gasteiger charge is -2.14. The molecule has 0 atom stereocenters. The van der Waals surface area contributed by atoms with E-state index in [1.807, 2.05) is 0 Å². The minimum absolute atomic E-state index is 0.0484. The van der Waals surface area contributed by atoms with Gasteiger partial charge in [-0.25, -0.2) is 29.7 Å². The lowest BCUT2D eigenvalue weighted by atomic mass is 10.1. The smallest absolute Gasteiger partial charge is 0.373 e. The van der Waals surface area contributed by atoms with Crippen molar-refractivity contribution in [3.63, 3.8) is 0 Å². The molecule has 2 amide bonds. The monoisotopic (exact) mass is 638 g/mol. The third-order valence-corrected chi connectivity index (χ3v) is 6.51. The van der Waals surface area contributed by atoms with Crippen LogP contribution in [0.5, 0.6) is 5.75 Å². The van der Waals surface area contributed by atoms with Crippen LogP contribution in [0.15, 0.2) is 85.3 Å². The summed E-state index contributed by atoms with van der Waals surface area (Å²) in [4.78, 5) is 75.2. The number of carboxylic acids is 1. The Bertz CT molecular complexity index is 2090. The van der Waals surface area contributed by atoms with Gasteiger partial charge in [0, 0.05) is 18.7 Å². The first-order chi connectivity index (χ1) is 22.9. The molecule has 1 N–H and O–H groups in total. The largest absolute Gasteiger partial charge is 0.493 e. The van der Waals surface area contributed by atoms with Crippen LogP contribution < -0.4 is 4.74 Å². The van der Waals surface area contributed by atoms with Gasteiger partial charge in [0.25, 0.3) is 11.8 Å². The maximum absolute atomic E-state index is 12.7. The van der Waals surface area contributed by atoms with Crippen LogP contribution in [0.4, 0.5) is 0 Å². The predicted molar refractivity (Wildman–Crippen MR) is 150 cm³/mol. The van der Waals surface area contributed by atoms with E-state index in [0.29, 0.717) is 29.0 Å². The summed E-state index contributed by atoms with van der Waals surface area (Å²) < 4.78 is 27.7. The Kier molecular flexibility index (Phi) is 8.26. The molecule has 1 aliphatic heterocycles. The van der Waals surface area contributed by atoms with Crippen molar-refractivity contribution >= 4 is 23.9 Å². The van der Waals surface area contributed by atoms with Crippen molar-refractivity contribution in [3.05, 3.63) is 84.5 Å². The van der Waals surface area contributed by atoms with Crippen LogP contribution in [0.2, 0.25) is 0 Å². The average Bonchev–Trinajstić information content (AvgIpc) is 3.92. The van der Waals surface area contributed by atoms with Gasteiger partial charge in [-0.1, -0.05) is 12.1 Å². The van der Waals surface area contributed by atoms with Gasteiger partial charge in [0.1, 0.15) is 42.2 Å².